The third-order valence-corrected chi connectivity index (χ3v) is 4.59. The Kier molecular flexibility index (Phi) is 2.22. The number of nitrogens with zero attached hydrogens (tertiary/aromatic N) is 1. The zero-order valence-electron chi connectivity index (χ0n) is 10.5. The van der Waals surface area contributed by atoms with Crippen molar-refractivity contribution in [3.63, 3.8) is 0 Å². The molecule has 2 aromatic rings. The van der Waals surface area contributed by atoms with Crippen LogP contribution in [-0.2, 0) is 0 Å². The highest BCUT2D eigenvalue weighted by atomic mass is 19.1. The molecule has 4 heteroatoms. The van der Waals surface area contributed by atoms with E-state index in [1.54, 1.807) is 12.1 Å². The number of anilines is 1. The Morgan fingerprint density at radius 3 is 2.53 bits per heavy atom. The zero-order chi connectivity index (χ0) is 13.0. The first-order valence-corrected chi connectivity index (χ1v) is 6.76. The molecule has 0 amide bonds. The molecule has 1 aromatic heterocycles. The van der Waals surface area contributed by atoms with Crippen molar-refractivity contribution in [1.82, 2.24) is 5.16 Å². The number of fused-ring (bicyclic) bond motifs is 1. The van der Waals surface area contributed by atoms with Gasteiger partial charge in [-0.2, -0.15) is 0 Å². The zero-order valence-corrected chi connectivity index (χ0v) is 10.5. The van der Waals surface area contributed by atoms with E-state index in [-0.39, 0.29) is 5.82 Å². The van der Waals surface area contributed by atoms with E-state index in [0.29, 0.717) is 11.7 Å². The van der Waals surface area contributed by atoms with Crippen molar-refractivity contribution in [2.45, 2.75) is 25.2 Å². The summed E-state index contributed by atoms with van der Waals surface area (Å²) in [5.41, 5.74) is 7.68. The van der Waals surface area contributed by atoms with E-state index in [0.717, 1.165) is 28.7 Å². The number of hydrogen-bond donors (Lipinski definition) is 1. The van der Waals surface area contributed by atoms with Gasteiger partial charge in [-0.15, -0.1) is 0 Å². The predicted octanol–water partition coefficient (Wildman–Crippen LogP) is 3.58. The normalized spacial score (nSPS) is 28.4. The van der Waals surface area contributed by atoms with Gasteiger partial charge in [-0.25, -0.2) is 4.39 Å². The average Bonchev–Trinajstić information content (AvgIpc) is 2.78. The van der Waals surface area contributed by atoms with E-state index in [2.05, 4.69) is 5.16 Å². The molecular formula is C15H15FN2O. The Hall–Kier alpha value is -1.84. The Morgan fingerprint density at radius 1 is 1.16 bits per heavy atom. The van der Waals surface area contributed by atoms with Crippen LogP contribution in [0.25, 0.3) is 11.1 Å². The molecule has 2 aliphatic carbocycles. The topological polar surface area (TPSA) is 52.0 Å². The summed E-state index contributed by atoms with van der Waals surface area (Å²) >= 11 is 0. The van der Waals surface area contributed by atoms with Crippen molar-refractivity contribution in [1.29, 1.82) is 0 Å². The molecule has 2 atom stereocenters. The van der Waals surface area contributed by atoms with Gasteiger partial charge in [0.2, 0.25) is 0 Å². The molecule has 0 bridgehead atoms. The van der Waals surface area contributed by atoms with Crippen molar-refractivity contribution in [2.24, 2.45) is 11.8 Å². The summed E-state index contributed by atoms with van der Waals surface area (Å²) in [5, 5.41) is 3.91. The van der Waals surface area contributed by atoms with E-state index in [1.807, 2.05) is 0 Å². The SMILES string of the molecule is Nc1noc(C2C3CCCC32)c1-c1ccc(F)cc1. The second-order valence-electron chi connectivity index (χ2n) is 5.60. The maximum atomic E-state index is 13.0. The monoisotopic (exact) mass is 258 g/mol. The van der Waals surface area contributed by atoms with E-state index < -0.39 is 0 Å². The second-order valence-corrected chi connectivity index (χ2v) is 5.60. The summed E-state index contributed by atoms with van der Waals surface area (Å²) < 4.78 is 18.5. The van der Waals surface area contributed by atoms with Crippen LogP contribution >= 0.6 is 0 Å². The molecule has 2 unspecified atom stereocenters. The summed E-state index contributed by atoms with van der Waals surface area (Å²) in [7, 11) is 0. The molecule has 2 N–H and O–H groups in total. The van der Waals surface area contributed by atoms with E-state index in [1.165, 1.54) is 31.4 Å². The van der Waals surface area contributed by atoms with Crippen LogP contribution in [-0.4, -0.2) is 5.16 Å². The molecule has 0 saturated heterocycles. The number of rotatable bonds is 2. The second kappa shape index (κ2) is 3.83. The molecule has 0 spiro atoms. The molecule has 98 valence electrons. The molecule has 2 fully saturated rings. The van der Waals surface area contributed by atoms with E-state index in [9.17, 15) is 4.39 Å². The Morgan fingerprint density at radius 2 is 1.84 bits per heavy atom. The van der Waals surface area contributed by atoms with E-state index >= 15 is 0 Å². The third kappa shape index (κ3) is 1.59. The maximum Gasteiger partial charge on any atom is 0.175 e. The van der Waals surface area contributed by atoms with Crippen LogP contribution in [0.4, 0.5) is 10.2 Å². The highest BCUT2D eigenvalue weighted by Crippen LogP contribution is 2.64. The molecule has 19 heavy (non-hydrogen) atoms. The van der Waals surface area contributed by atoms with Crippen molar-refractivity contribution < 1.29 is 8.91 Å². The van der Waals surface area contributed by atoms with Crippen LogP contribution in [0.5, 0.6) is 0 Å². The van der Waals surface area contributed by atoms with Gasteiger partial charge in [-0.1, -0.05) is 23.7 Å². The molecule has 0 aliphatic heterocycles. The molecule has 2 aliphatic rings. The minimum absolute atomic E-state index is 0.247. The lowest BCUT2D eigenvalue weighted by molar-refractivity contribution is 0.376. The van der Waals surface area contributed by atoms with Gasteiger partial charge in [0.05, 0.1) is 5.56 Å². The predicted molar refractivity (Wildman–Crippen MR) is 69.9 cm³/mol. The first-order chi connectivity index (χ1) is 9.25. The molecule has 1 heterocycles. The number of nitrogens with two attached hydrogens (primary N) is 1. The standard InChI is InChI=1S/C15H15FN2O/c16-9-6-4-8(5-7-9)12-14(19-18-15(12)17)13-10-2-1-3-11(10)13/h4-7,10-11,13H,1-3H2,(H2,17,18). The molecule has 4 rings (SSSR count). The maximum absolute atomic E-state index is 13.0. The summed E-state index contributed by atoms with van der Waals surface area (Å²) in [6.07, 6.45) is 3.87. The lowest BCUT2D eigenvalue weighted by Gasteiger charge is -2.04. The third-order valence-electron chi connectivity index (χ3n) is 4.59. The molecule has 2 saturated carbocycles. The summed E-state index contributed by atoms with van der Waals surface area (Å²) in [6.45, 7) is 0. The van der Waals surface area contributed by atoms with Gasteiger partial charge in [0.15, 0.2) is 5.82 Å². The smallest absolute Gasteiger partial charge is 0.175 e. The largest absolute Gasteiger partial charge is 0.380 e. The fourth-order valence-corrected chi connectivity index (χ4v) is 3.66. The fraction of sp³-hybridized carbons (Fsp3) is 0.400. The van der Waals surface area contributed by atoms with Crippen LogP contribution in [0, 0.1) is 17.7 Å². The molecular weight excluding hydrogens is 243 g/mol. The van der Waals surface area contributed by atoms with Crippen LogP contribution in [0.2, 0.25) is 0 Å². The summed E-state index contributed by atoms with van der Waals surface area (Å²) in [5.74, 6) is 3.02. The Labute approximate surface area is 110 Å². The van der Waals surface area contributed by atoms with Crippen LogP contribution < -0.4 is 5.73 Å². The van der Waals surface area contributed by atoms with E-state index in [4.69, 9.17) is 10.3 Å². The minimum atomic E-state index is -0.247. The Bertz CT molecular complexity index is 610. The van der Waals surface area contributed by atoms with Crippen LogP contribution in [0.15, 0.2) is 28.8 Å². The summed E-state index contributed by atoms with van der Waals surface area (Å²) in [6, 6.07) is 6.36. The lowest BCUT2D eigenvalue weighted by Crippen LogP contribution is -1.92. The highest BCUT2D eigenvalue weighted by Gasteiger charge is 2.56. The summed E-state index contributed by atoms with van der Waals surface area (Å²) in [4.78, 5) is 0. The number of benzene rings is 1. The minimum Gasteiger partial charge on any atom is -0.380 e. The van der Waals surface area contributed by atoms with Gasteiger partial charge in [0.25, 0.3) is 0 Å². The highest BCUT2D eigenvalue weighted by molar-refractivity contribution is 5.76. The van der Waals surface area contributed by atoms with Crippen molar-refractivity contribution >= 4 is 5.82 Å². The number of halogens is 1. The van der Waals surface area contributed by atoms with Gasteiger partial charge < -0.3 is 10.3 Å². The van der Waals surface area contributed by atoms with Gasteiger partial charge in [0.1, 0.15) is 11.6 Å². The molecule has 3 nitrogen and oxygen atoms in total. The van der Waals surface area contributed by atoms with Crippen molar-refractivity contribution in [3.05, 3.63) is 35.8 Å². The van der Waals surface area contributed by atoms with Gasteiger partial charge >= 0.3 is 0 Å². The number of hydrogen-bond acceptors (Lipinski definition) is 3. The first-order valence-electron chi connectivity index (χ1n) is 6.76. The fourth-order valence-electron chi connectivity index (χ4n) is 3.66. The molecule has 1 aromatic carbocycles. The van der Waals surface area contributed by atoms with Crippen molar-refractivity contribution in [3.8, 4) is 11.1 Å². The van der Waals surface area contributed by atoms with Crippen LogP contribution in [0.1, 0.15) is 30.9 Å². The van der Waals surface area contributed by atoms with Gasteiger partial charge in [-0.05, 0) is 42.4 Å². The number of nitrogen functional groups attached to an aromatic ring is 1. The Balaban J connectivity index is 1.75. The first kappa shape index (κ1) is 11.0. The van der Waals surface area contributed by atoms with Crippen LogP contribution in [0.3, 0.4) is 0 Å². The van der Waals surface area contributed by atoms with Crippen molar-refractivity contribution in [2.75, 3.05) is 5.73 Å². The average molecular weight is 258 g/mol. The lowest BCUT2D eigenvalue weighted by atomic mass is 10.0. The van der Waals surface area contributed by atoms with Gasteiger partial charge in [0, 0.05) is 5.92 Å². The quantitative estimate of drug-likeness (QED) is 0.895. The number of aromatic nitrogens is 1. The van der Waals surface area contributed by atoms with Gasteiger partial charge in [-0.3, -0.25) is 0 Å². The molecule has 0 radical (unpaired) electrons.